The number of aliphatic hydroxyl groups is 1. The fraction of sp³-hybridized carbons (Fsp3) is 1.00. The molecule has 1 N–H and O–H groups in total. The molecule has 11 heavy (non-hydrogen) atoms. The Morgan fingerprint density at radius 2 is 2.00 bits per heavy atom. The maximum absolute atomic E-state index is 9.66. The highest BCUT2D eigenvalue weighted by Gasteiger charge is 2.33. The van der Waals surface area contributed by atoms with Gasteiger partial charge in [-0.05, 0) is 30.6 Å². The molecular formula is C10H20O. The third-order valence-corrected chi connectivity index (χ3v) is 3.11. The first kappa shape index (κ1) is 9.05. The summed E-state index contributed by atoms with van der Waals surface area (Å²) in [5.74, 6) is 2.01. The minimum atomic E-state index is -0.0139. The van der Waals surface area contributed by atoms with Gasteiger partial charge >= 0.3 is 0 Å². The van der Waals surface area contributed by atoms with Crippen LogP contribution in [0, 0.1) is 17.8 Å². The number of hydrogen-bond acceptors (Lipinski definition) is 1. The van der Waals surface area contributed by atoms with E-state index in [9.17, 15) is 5.11 Å². The Bertz CT molecular complexity index is 120. The maximum Gasteiger partial charge on any atom is 0.0573 e. The van der Waals surface area contributed by atoms with Gasteiger partial charge in [-0.25, -0.2) is 0 Å². The van der Waals surface area contributed by atoms with E-state index in [-0.39, 0.29) is 6.10 Å². The summed E-state index contributed by atoms with van der Waals surface area (Å²) in [5, 5.41) is 9.66. The number of rotatable bonds is 2. The van der Waals surface area contributed by atoms with Crippen LogP contribution in [0.15, 0.2) is 0 Å². The molecule has 3 atom stereocenters. The van der Waals surface area contributed by atoms with E-state index < -0.39 is 0 Å². The minimum Gasteiger partial charge on any atom is -0.393 e. The van der Waals surface area contributed by atoms with Crippen molar-refractivity contribution in [2.24, 2.45) is 17.8 Å². The van der Waals surface area contributed by atoms with E-state index in [1.165, 1.54) is 12.8 Å². The Labute approximate surface area is 69.8 Å². The molecule has 1 saturated carbocycles. The molecule has 1 heteroatoms. The molecule has 1 nitrogen and oxygen atoms in total. The first-order valence-electron chi connectivity index (χ1n) is 4.83. The maximum atomic E-state index is 9.66. The molecular weight excluding hydrogens is 136 g/mol. The predicted octanol–water partition coefficient (Wildman–Crippen LogP) is 2.44. The van der Waals surface area contributed by atoms with Crippen molar-refractivity contribution in [1.29, 1.82) is 0 Å². The van der Waals surface area contributed by atoms with Gasteiger partial charge in [0, 0.05) is 0 Å². The van der Waals surface area contributed by atoms with Gasteiger partial charge in [-0.3, -0.25) is 0 Å². The van der Waals surface area contributed by atoms with E-state index in [0.717, 1.165) is 12.3 Å². The van der Waals surface area contributed by atoms with Crippen molar-refractivity contribution in [3.63, 3.8) is 0 Å². The van der Waals surface area contributed by atoms with E-state index in [1.54, 1.807) is 0 Å². The zero-order chi connectivity index (χ0) is 8.43. The molecule has 0 bridgehead atoms. The first-order valence-corrected chi connectivity index (χ1v) is 4.83. The molecule has 1 rings (SSSR count). The summed E-state index contributed by atoms with van der Waals surface area (Å²) in [4.78, 5) is 0. The van der Waals surface area contributed by atoms with Crippen LogP contribution in [0.5, 0.6) is 0 Å². The Hall–Kier alpha value is -0.0400. The van der Waals surface area contributed by atoms with Crippen LogP contribution in [0.4, 0.5) is 0 Å². The highest BCUT2D eigenvalue weighted by atomic mass is 16.3. The van der Waals surface area contributed by atoms with Gasteiger partial charge in [-0.1, -0.05) is 27.2 Å². The third kappa shape index (κ3) is 1.96. The van der Waals surface area contributed by atoms with Crippen LogP contribution in [-0.4, -0.2) is 11.2 Å². The molecule has 0 spiro atoms. The zero-order valence-electron chi connectivity index (χ0n) is 7.88. The monoisotopic (exact) mass is 156 g/mol. The van der Waals surface area contributed by atoms with Crippen molar-refractivity contribution in [3.8, 4) is 0 Å². The van der Waals surface area contributed by atoms with E-state index in [4.69, 9.17) is 0 Å². The van der Waals surface area contributed by atoms with Gasteiger partial charge in [0.2, 0.25) is 0 Å². The first-order chi connectivity index (χ1) is 5.15. The lowest BCUT2D eigenvalue weighted by atomic mass is 9.91. The third-order valence-electron chi connectivity index (χ3n) is 3.11. The molecule has 0 aromatic heterocycles. The molecule has 0 saturated heterocycles. The quantitative estimate of drug-likeness (QED) is 0.651. The minimum absolute atomic E-state index is 0.0139. The van der Waals surface area contributed by atoms with Crippen LogP contribution >= 0.6 is 0 Å². The average Bonchev–Trinajstić information content (AvgIpc) is 2.30. The number of aliphatic hydroxyl groups excluding tert-OH is 1. The SMILES string of the molecule is CCC1CC(O)C(C(C)C)C1. The fourth-order valence-corrected chi connectivity index (χ4v) is 2.20. The van der Waals surface area contributed by atoms with Gasteiger partial charge in [0.05, 0.1) is 6.10 Å². The van der Waals surface area contributed by atoms with Crippen LogP contribution in [0.25, 0.3) is 0 Å². The lowest BCUT2D eigenvalue weighted by Gasteiger charge is -2.17. The standard InChI is InChI=1S/C10H20O/c1-4-8-5-9(7(2)3)10(11)6-8/h7-11H,4-6H2,1-3H3. The predicted molar refractivity (Wildman–Crippen MR) is 47.3 cm³/mol. The summed E-state index contributed by atoms with van der Waals surface area (Å²) >= 11 is 0. The molecule has 66 valence electrons. The summed E-state index contributed by atoms with van der Waals surface area (Å²) in [7, 11) is 0. The van der Waals surface area contributed by atoms with Crippen LogP contribution in [0.3, 0.4) is 0 Å². The van der Waals surface area contributed by atoms with Crippen LogP contribution in [0.2, 0.25) is 0 Å². The molecule has 0 amide bonds. The summed E-state index contributed by atoms with van der Waals surface area (Å²) in [6.45, 7) is 6.65. The summed E-state index contributed by atoms with van der Waals surface area (Å²) in [6.07, 6.45) is 3.51. The average molecular weight is 156 g/mol. The van der Waals surface area contributed by atoms with Gasteiger partial charge in [-0.2, -0.15) is 0 Å². The van der Waals surface area contributed by atoms with Crippen molar-refractivity contribution in [1.82, 2.24) is 0 Å². The number of hydrogen-bond donors (Lipinski definition) is 1. The Morgan fingerprint density at radius 3 is 2.27 bits per heavy atom. The second-order valence-corrected chi connectivity index (χ2v) is 4.22. The molecule has 0 aromatic carbocycles. The van der Waals surface area contributed by atoms with Gasteiger partial charge in [0.1, 0.15) is 0 Å². The fourth-order valence-electron chi connectivity index (χ4n) is 2.20. The smallest absolute Gasteiger partial charge is 0.0573 e. The summed E-state index contributed by atoms with van der Waals surface area (Å²) < 4.78 is 0. The van der Waals surface area contributed by atoms with E-state index in [0.29, 0.717) is 11.8 Å². The molecule has 0 radical (unpaired) electrons. The Balaban J connectivity index is 2.45. The highest BCUT2D eigenvalue weighted by Crippen LogP contribution is 2.37. The Morgan fingerprint density at radius 1 is 1.36 bits per heavy atom. The molecule has 1 aliphatic carbocycles. The summed E-state index contributed by atoms with van der Waals surface area (Å²) in [5.41, 5.74) is 0. The second-order valence-electron chi connectivity index (χ2n) is 4.22. The van der Waals surface area contributed by atoms with Crippen LogP contribution < -0.4 is 0 Å². The van der Waals surface area contributed by atoms with Crippen molar-refractivity contribution in [3.05, 3.63) is 0 Å². The van der Waals surface area contributed by atoms with Gasteiger partial charge in [0.25, 0.3) is 0 Å². The summed E-state index contributed by atoms with van der Waals surface area (Å²) in [6, 6.07) is 0. The van der Waals surface area contributed by atoms with E-state index >= 15 is 0 Å². The lowest BCUT2D eigenvalue weighted by Crippen LogP contribution is -2.18. The van der Waals surface area contributed by atoms with Crippen molar-refractivity contribution in [2.45, 2.75) is 46.1 Å². The topological polar surface area (TPSA) is 20.2 Å². The Kier molecular flexibility index (Phi) is 2.94. The normalized spacial score (nSPS) is 38.5. The molecule has 0 heterocycles. The van der Waals surface area contributed by atoms with Gasteiger partial charge in [0.15, 0.2) is 0 Å². The molecule has 0 aliphatic heterocycles. The zero-order valence-corrected chi connectivity index (χ0v) is 7.88. The van der Waals surface area contributed by atoms with E-state index in [2.05, 4.69) is 20.8 Å². The highest BCUT2D eigenvalue weighted by molar-refractivity contribution is 4.83. The van der Waals surface area contributed by atoms with Crippen molar-refractivity contribution >= 4 is 0 Å². The second kappa shape index (κ2) is 3.57. The largest absolute Gasteiger partial charge is 0.393 e. The van der Waals surface area contributed by atoms with Crippen LogP contribution in [0.1, 0.15) is 40.0 Å². The van der Waals surface area contributed by atoms with Gasteiger partial charge in [-0.15, -0.1) is 0 Å². The van der Waals surface area contributed by atoms with Crippen LogP contribution in [-0.2, 0) is 0 Å². The van der Waals surface area contributed by atoms with E-state index in [1.807, 2.05) is 0 Å². The van der Waals surface area contributed by atoms with Crippen molar-refractivity contribution < 1.29 is 5.11 Å². The molecule has 0 aromatic rings. The molecule has 3 unspecified atom stereocenters. The molecule has 1 aliphatic rings. The molecule has 1 fully saturated rings. The lowest BCUT2D eigenvalue weighted by molar-refractivity contribution is 0.107. The van der Waals surface area contributed by atoms with Crippen molar-refractivity contribution in [2.75, 3.05) is 0 Å². The van der Waals surface area contributed by atoms with Gasteiger partial charge < -0.3 is 5.11 Å².